The van der Waals surface area contributed by atoms with Gasteiger partial charge in [0, 0.05) is 26.2 Å². The van der Waals surface area contributed by atoms with E-state index in [1.165, 1.54) is 11.8 Å². The van der Waals surface area contributed by atoms with Crippen LogP contribution < -0.4 is 0 Å². The monoisotopic (exact) mass is 398 g/mol. The molecular weight excluding hydrogens is 372 g/mol. The van der Waals surface area contributed by atoms with Crippen molar-refractivity contribution in [2.24, 2.45) is 0 Å². The number of thioether (sulfide) groups is 1. The molecule has 2 amide bonds. The summed E-state index contributed by atoms with van der Waals surface area (Å²) in [5.41, 5.74) is 2.20. The van der Waals surface area contributed by atoms with E-state index in [-0.39, 0.29) is 11.8 Å². The Morgan fingerprint density at radius 2 is 1.39 bits per heavy atom. The van der Waals surface area contributed by atoms with Crippen molar-refractivity contribution >= 4 is 23.6 Å². The number of hydrogen-bond acceptors (Lipinski definition) is 4. The van der Waals surface area contributed by atoms with E-state index in [1.807, 2.05) is 70.5 Å². The predicted molar refractivity (Wildman–Crippen MR) is 112 cm³/mol. The van der Waals surface area contributed by atoms with Crippen LogP contribution in [0.4, 0.5) is 0 Å². The highest BCUT2D eigenvalue weighted by molar-refractivity contribution is 8.00. The lowest BCUT2D eigenvalue weighted by Crippen LogP contribution is -2.41. The molecule has 0 bridgehead atoms. The highest BCUT2D eigenvalue weighted by atomic mass is 32.2. The van der Waals surface area contributed by atoms with Crippen LogP contribution in [0.1, 0.15) is 11.1 Å². The van der Waals surface area contributed by atoms with Gasteiger partial charge in [0.1, 0.15) is 0 Å². The number of benzene rings is 2. The third-order valence-corrected chi connectivity index (χ3v) is 5.50. The molecule has 2 aromatic rings. The van der Waals surface area contributed by atoms with E-state index < -0.39 is 0 Å². The Kier molecular flexibility index (Phi) is 7.94. The van der Waals surface area contributed by atoms with Gasteiger partial charge < -0.3 is 14.5 Å². The Bertz CT molecular complexity index is 707. The average molecular weight is 399 g/mol. The molecule has 28 heavy (non-hydrogen) atoms. The largest absolute Gasteiger partial charge is 0.378 e. The summed E-state index contributed by atoms with van der Waals surface area (Å²) in [6.07, 6.45) is 0. The van der Waals surface area contributed by atoms with Gasteiger partial charge in [-0.2, -0.15) is 0 Å². The topological polar surface area (TPSA) is 49.9 Å². The van der Waals surface area contributed by atoms with Crippen molar-refractivity contribution < 1.29 is 14.3 Å². The zero-order valence-corrected chi connectivity index (χ0v) is 16.8. The summed E-state index contributed by atoms with van der Waals surface area (Å²) in [6.45, 7) is 3.59. The molecule has 1 fully saturated rings. The number of morpholine rings is 1. The fraction of sp³-hybridized carbons (Fsp3) is 0.364. The molecule has 0 radical (unpaired) electrons. The zero-order valence-electron chi connectivity index (χ0n) is 16.0. The first-order valence-electron chi connectivity index (χ1n) is 9.51. The lowest BCUT2D eigenvalue weighted by Gasteiger charge is -2.27. The van der Waals surface area contributed by atoms with Gasteiger partial charge in [0.05, 0.1) is 24.7 Å². The number of hydrogen-bond donors (Lipinski definition) is 0. The number of carbonyl (C=O) groups is 2. The lowest BCUT2D eigenvalue weighted by atomic mass is 10.1. The fourth-order valence-corrected chi connectivity index (χ4v) is 3.88. The second-order valence-corrected chi connectivity index (χ2v) is 7.69. The molecule has 0 aromatic heterocycles. The van der Waals surface area contributed by atoms with Crippen LogP contribution >= 0.6 is 11.8 Å². The van der Waals surface area contributed by atoms with E-state index >= 15 is 0 Å². The third kappa shape index (κ3) is 6.39. The summed E-state index contributed by atoms with van der Waals surface area (Å²) in [5.74, 6) is 0.762. The minimum Gasteiger partial charge on any atom is -0.378 e. The van der Waals surface area contributed by atoms with Crippen LogP contribution in [0.5, 0.6) is 0 Å². The first-order chi connectivity index (χ1) is 13.7. The van der Waals surface area contributed by atoms with Crippen molar-refractivity contribution in [3.05, 3.63) is 71.8 Å². The first-order valence-corrected chi connectivity index (χ1v) is 10.7. The van der Waals surface area contributed by atoms with Crippen LogP contribution in [0.2, 0.25) is 0 Å². The Morgan fingerprint density at radius 3 is 1.93 bits per heavy atom. The van der Waals surface area contributed by atoms with Gasteiger partial charge in [-0.1, -0.05) is 60.7 Å². The fourth-order valence-electron chi connectivity index (χ4n) is 3.06. The summed E-state index contributed by atoms with van der Waals surface area (Å²) < 4.78 is 5.28. The Morgan fingerprint density at radius 1 is 0.857 bits per heavy atom. The summed E-state index contributed by atoms with van der Waals surface area (Å²) in [7, 11) is 0. The van der Waals surface area contributed by atoms with E-state index in [2.05, 4.69) is 0 Å². The molecular formula is C22H26N2O3S. The molecule has 5 nitrogen and oxygen atoms in total. The quantitative estimate of drug-likeness (QED) is 0.686. The minimum atomic E-state index is 0.0486. The van der Waals surface area contributed by atoms with Crippen LogP contribution in [-0.4, -0.2) is 59.4 Å². The van der Waals surface area contributed by atoms with Crippen LogP contribution in [0, 0.1) is 0 Å². The molecule has 1 aliphatic rings. The highest BCUT2D eigenvalue weighted by Gasteiger charge is 2.19. The molecule has 3 rings (SSSR count). The average Bonchev–Trinajstić information content (AvgIpc) is 2.75. The molecule has 6 heteroatoms. The molecule has 148 valence electrons. The molecule has 0 unspecified atom stereocenters. The predicted octanol–water partition coefficient (Wildman–Crippen LogP) is 2.81. The van der Waals surface area contributed by atoms with Crippen molar-refractivity contribution in [2.45, 2.75) is 13.1 Å². The summed E-state index contributed by atoms with van der Waals surface area (Å²) in [5, 5.41) is 0. The lowest BCUT2D eigenvalue weighted by molar-refractivity contribution is -0.132. The van der Waals surface area contributed by atoms with Crippen LogP contribution in [0.25, 0.3) is 0 Å². The standard InChI is InChI=1S/C22H26N2O3S/c25-21(23-11-13-27-14-12-23)17-28-18-22(26)24(15-19-7-3-1-4-8-19)16-20-9-5-2-6-10-20/h1-10H,11-18H2. The molecule has 0 aliphatic carbocycles. The second kappa shape index (κ2) is 10.9. The molecule has 1 saturated heterocycles. The maximum absolute atomic E-state index is 12.9. The Balaban J connectivity index is 1.55. The van der Waals surface area contributed by atoms with Crippen LogP contribution in [0.3, 0.4) is 0 Å². The van der Waals surface area contributed by atoms with Crippen molar-refractivity contribution in [1.82, 2.24) is 9.80 Å². The maximum Gasteiger partial charge on any atom is 0.233 e. The van der Waals surface area contributed by atoms with Gasteiger partial charge in [0.2, 0.25) is 11.8 Å². The van der Waals surface area contributed by atoms with Crippen molar-refractivity contribution in [2.75, 3.05) is 37.8 Å². The molecule has 0 atom stereocenters. The van der Waals surface area contributed by atoms with Crippen molar-refractivity contribution in [3.63, 3.8) is 0 Å². The Hall–Kier alpha value is -2.31. The van der Waals surface area contributed by atoms with Gasteiger partial charge in [-0.25, -0.2) is 0 Å². The highest BCUT2D eigenvalue weighted by Crippen LogP contribution is 2.13. The van der Waals surface area contributed by atoms with Gasteiger partial charge in [0.15, 0.2) is 0 Å². The number of ether oxygens (including phenoxy) is 1. The number of rotatable bonds is 8. The van der Waals surface area contributed by atoms with E-state index in [0.29, 0.717) is 50.9 Å². The first kappa shape index (κ1) is 20.4. The summed E-state index contributed by atoms with van der Waals surface area (Å²) >= 11 is 1.39. The van der Waals surface area contributed by atoms with Gasteiger partial charge in [0.25, 0.3) is 0 Å². The van der Waals surface area contributed by atoms with Crippen LogP contribution in [-0.2, 0) is 27.4 Å². The van der Waals surface area contributed by atoms with E-state index in [0.717, 1.165) is 11.1 Å². The summed E-state index contributed by atoms with van der Waals surface area (Å²) in [6, 6.07) is 20.0. The molecule has 1 aliphatic heterocycles. The van der Waals surface area contributed by atoms with E-state index in [9.17, 15) is 9.59 Å². The van der Waals surface area contributed by atoms with Gasteiger partial charge in [-0.15, -0.1) is 11.8 Å². The van der Waals surface area contributed by atoms with Crippen molar-refractivity contribution in [3.8, 4) is 0 Å². The van der Waals surface area contributed by atoms with Crippen LogP contribution in [0.15, 0.2) is 60.7 Å². The number of carbonyl (C=O) groups excluding carboxylic acids is 2. The van der Waals surface area contributed by atoms with Gasteiger partial charge in [-0.3, -0.25) is 9.59 Å². The molecule has 0 saturated carbocycles. The third-order valence-electron chi connectivity index (χ3n) is 4.60. The normalized spacial score (nSPS) is 13.9. The number of nitrogens with zero attached hydrogens (tertiary/aromatic N) is 2. The number of amides is 2. The maximum atomic E-state index is 12.9. The molecule has 2 aromatic carbocycles. The van der Waals surface area contributed by atoms with Crippen molar-refractivity contribution in [1.29, 1.82) is 0 Å². The SMILES string of the molecule is O=C(CSCC(=O)N(Cc1ccccc1)Cc1ccccc1)N1CCOCC1. The molecule has 0 spiro atoms. The molecule has 1 heterocycles. The van der Waals surface area contributed by atoms with Gasteiger partial charge in [-0.05, 0) is 11.1 Å². The summed E-state index contributed by atoms with van der Waals surface area (Å²) in [4.78, 5) is 28.8. The van der Waals surface area contributed by atoms with Gasteiger partial charge >= 0.3 is 0 Å². The molecule has 0 N–H and O–H groups in total. The zero-order chi connectivity index (χ0) is 19.6. The second-order valence-electron chi connectivity index (χ2n) is 6.71. The van der Waals surface area contributed by atoms with E-state index in [4.69, 9.17) is 4.74 Å². The smallest absolute Gasteiger partial charge is 0.233 e. The minimum absolute atomic E-state index is 0.0486. The Labute approximate surface area is 170 Å². The van der Waals surface area contributed by atoms with E-state index in [1.54, 1.807) is 0 Å².